The molecule has 0 fully saturated rings. The summed E-state index contributed by atoms with van der Waals surface area (Å²) in [4.78, 5) is 21.6. The number of benzene rings is 1. The lowest BCUT2D eigenvalue weighted by Gasteiger charge is -2.12. The summed E-state index contributed by atoms with van der Waals surface area (Å²) in [6.45, 7) is -0.109. The third kappa shape index (κ3) is 4.99. The van der Waals surface area contributed by atoms with Gasteiger partial charge in [-0.25, -0.2) is 0 Å². The van der Waals surface area contributed by atoms with Gasteiger partial charge in [0.05, 0.1) is 18.4 Å². The number of hydrogen-bond acceptors (Lipinski definition) is 2. The quantitative estimate of drug-likeness (QED) is 0.861. The Labute approximate surface area is 107 Å². The number of carboxylic acid groups (broad SMARTS) is 1. The van der Waals surface area contributed by atoms with Gasteiger partial charge in [-0.3, -0.25) is 9.59 Å². The van der Waals surface area contributed by atoms with E-state index in [1.165, 1.54) is 18.2 Å². The highest BCUT2D eigenvalue weighted by atomic mass is 19.4. The molecule has 0 aromatic heterocycles. The van der Waals surface area contributed by atoms with Crippen LogP contribution in [0.2, 0.25) is 0 Å². The van der Waals surface area contributed by atoms with Gasteiger partial charge in [-0.2, -0.15) is 13.2 Å². The lowest BCUT2D eigenvalue weighted by atomic mass is 10.0. The minimum atomic E-state index is -4.52. The van der Waals surface area contributed by atoms with Crippen molar-refractivity contribution in [2.24, 2.45) is 0 Å². The van der Waals surface area contributed by atoms with Gasteiger partial charge < -0.3 is 10.4 Å². The Morgan fingerprint density at radius 1 is 1.21 bits per heavy atom. The normalized spacial score (nSPS) is 11.1. The van der Waals surface area contributed by atoms with Crippen molar-refractivity contribution in [2.45, 2.75) is 19.0 Å². The molecular formula is C12H12F3NO3. The van der Waals surface area contributed by atoms with Crippen LogP contribution in [0.15, 0.2) is 24.3 Å². The van der Waals surface area contributed by atoms with Crippen molar-refractivity contribution in [3.63, 3.8) is 0 Å². The van der Waals surface area contributed by atoms with Gasteiger partial charge in [-0.15, -0.1) is 0 Å². The van der Waals surface area contributed by atoms with Gasteiger partial charge in [-0.1, -0.05) is 18.2 Å². The summed E-state index contributed by atoms with van der Waals surface area (Å²) in [6, 6.07) is 4.78. The van der Waals surface area contributed by atoms with Gasteiger partial charge in [-0.05, 0) is 11.6 Å². The van der Waals surface area contributed by atoms with E-state index in [-0.39, 0.29) is 18.5 Å². The van der Waals surface area contributed by atoms with Crippen LogP contribution in [-0.4, -0.2) is 23.5 Å². The Morgan fingerprint density at radius 3 is 2.42 bits per heavy atom. The van der Waals surface area contributed by atoms with E-state index in [0.717, 1.165) is 6.07 Å². The molecule has 19 heavy (non-hydrogen) atoms. The number of amides is 1. The van der Waals surface area contributed by atoms with Crippen LogP contribution in [-0.2, 0) is 22.2 Å². The van der Waals surface area contributed by atoms with Crippen LogP contribution in [0.4, 0.5) is 13.2 Å². The number of hydrogen-bond donors (Lipinski definition) is 2. The Morgan fingerprint density at radius 2 is 1.84 bits per heavy atom. The van der Waals surface area contributed by atoms with Crippen molar-refractivity contribution < 1.29 is 27.9 Å². The molecule has 4 nitrogen and oxygen atoms in total. The standard InChI is InChI=1S/C12H12F3NO3/c13-12(14,15)9-4-2-1-3-8(9)7-10(17)16-6-5-11(18)19/h1-4H,5-7H2,(H,16,17)(H,18,19). The van der Waals surface area contributed by atoms with Crippen LogP contribution in [0, 0.1) is 0 Å². The van der Waals surface area contributed by atoms with Crippen LogP contribution in [0.25, 0.3) is 0 Å². The lowest BCUT2D eigenvalue weighted by molar-refractivity contribution is -0.138. The predicted octanol–water partition coefficient (Wildman–Crippen LogP) is 1.84. The SMILES string of the molecule is O=C(O)CCNC(=O)Cc1ccccc1C(F)(F)F. The maximum atomic E-state index is 12.6. The number of aliphatic carboxylic acids is 1. The van der Waals surface area contributed by atoms with Crippen LogP contribution in [0.3, 0.4) is 0 Å². The van der Waals surface area contributed by atoms with E-state index in [2.05, 4.69) is 5.32 Å². The molecule has 7 heteroatoms. The van der Waals surface area contributed by atoms with Gasteiger partial charge in [0.1, 0.15) is 0 Å². The fourth-order valence-corrected chi connectivity index (χ4v) is 1.50. The first-order chi connectivity index (χ1) is 8.80. The van der Waals surface area contributed by atoms with Gasteiger partial charge >= 0.3 is 12.1 Å². The van der Waals surface area contributed by atoms with Gasteiger partial charge in [0.25, 0.3) is 0 Å². The number of nitrogens with one attached hydrogen (secondary N) is 1. The maximum absolute atomic E-state index is 12.6. The molecule has 0 saturated heterocycles. The van der Waals surface area contributed by atoms with E-state index < -0.39 is 30.0 Å². The number of carboxylic acids is 1. The molecule has 1 aromatic carbocycles. The van der Waals surface area contributed by atoms with Crippen molar-refractivity contribution in [1.82, 2.24) is 5.32 Å². The summed E-state index contributed by atoms with van der Waals surface area (Å²) in [5.74, 6) is -1.73. The zero-order valence-corrected chi connectivity index (χ0v) is 9.83. The van der Waals surface area contributed by atoms with Crippen molar-refractivity contribution >= 4 is 11.9 Å². The van der Waals surface area contributed by atoms with E-state index >= 15 is 0 Å². The second-order valence-corrected chi connectivity index (χ2v) is 3.83. The lowest BCUT2D eigenvalue weighted by Crippen LogP contribution is -2.28. The Bertz CT molecular complexity index is 472. The number of rotatable bonds is 5. The molecule has 1 amide bonds. The molecule has 1 aromatic rings. The fourth-order valence-electron chi connectivity index (χ4n) is 1.50. The van der Waals surface area contributed by atoms with Gasteiger partial charge in [0, 0.05) is 6.54 Å². The van der Waals surface area contributed by atoms with Crippen molar-refractivity contribution in [3.8, 4) is 0 Å². The largest absolute Gasteiger partial charge is 0.481 e. The summed E-state index contributed by atoms with van der Waals surface area (Å²) >= 11 is 0. The van der Waals surface area contributed by atoms with Crippen LogP contribution >= 0.6 is 0 Å². The number of carbonyl (C=O) groups is 2. The van der Waals surface area contributed by atoms with Crippen LogP contribution < -0.4 is 5.32 Å². The smallest absolute Gasteiger partial charge is 0.416 e. The maximum Gasteiger partial charge on any atom is 0.416 e. The van der Waals surface area contributed by atoms with E-state index in [1.54, 1.807) is 0 Å². The van der Waals surface area contributed by atoms with Crippen molar-refractivity contribution in [1.29, 1.82) is 0 Å². The molecular weight excluding hydrogens is 263 g/mol. The average Bonchev–Trinajstić information content (AvgIpc) is 2.27. The zero-order chi connectivity index (χ0) is 14.5. The molecule has 0 aliphatic rings. The van der Waals surface area contributed by atoms with Crippen molar-refractivity contribution in [3.05, 3.63) is 35.4 Å². The minimum Gasteiger partial charge on any atom is -0.481 e. The highest BCUT2D eigenvalue weighted by Crippen LogP contribution is 2.31. The topological polar surface area (TPSA) is 66.4 Å². The predicted molar refractivity (Wildman–Crippen MR) is 60.4 cm³/mol. The fraction of sp³-hybridized carbons (Fsp3) is 0.333. The summed E-state index contributed by atoms with van der Waals surface area (Å²) in [5.41, 5.74) is -0.994. The third-order valence-electron chi connectivity index (χ3n) is 2.33. The highest BCUT2D eigenvalue weighted by Gasteiger charge is 2.33. The van der Waals surface area contributed by atoms with Gasteiger partial charge in [0.2, 0.25) is 5.91 Å². The molecule has 104 valence electrons. The van der Waals surface area contributed by atoms with Gasteiger partial charge in [0.15, 0.2) is 0 Å². The molecule has 0 unspecified atom stereocenters. The van der Waals surface area contributed by atoms with Crippen LogP contribution in [0.5, 0.6) is 0 Å². The number of halogens is 3. The third-order valence-corrected chi connectivity index (χ3v) is 2.33. The average molecular weight is 275 g/mol. The second-order valence-electron chi connectivity index (χ2n) is 3.83. The van der Waals surface area contributed by atoms with E-state index in [1.807, 2.05) is 0 Å². The van der Waals surface area contributed by atoms with E-state index in [4.69, 9.17) is 5.11 Å². The Hall–Kier alpha value is -2.05. The molecule has 0 atom stereocenters. The molecule has 0 spiro atoms. The van der Waals surface area contributed by atoms with Crippen LogP contribution in [0.1, 0.15) is 17.5 Å². The van der Waals surface area contributed by atoms with E-state index in [0.29, 0.717) is 0 Å². The molecule has 0 aliphatic heterocycles. The summed E-state index contributed by atoms with van der Waals surface area (Å²) < 4.78 is 37.9. The first-order valence-corrected chi connectivity index (χ1v) is 5.44. The number of alkyl halides is 3. The first-order valence-electron chi connectivity index (χ1n) is 5.44. The molecule has 0 radical (unpaired) electrons. The first kappa shape index (κ1) is 15.0. The monoisotopic (exact) mass is 275 g/mol. The summed E-state index contributed by atoms with van der Waals surface area (Å²) in [6.07, 6.45) is -5.22. The molecule has 0 bridgehead atoms. The molecule has 0 aliphatic carbocycles. The Balaban J connectivity index is 2.67. The molecule has 2 N–H and O–H groups in total. The second kappa shape index (κ2) is 6.21. The highest BCUT2D eigenvalue weighted by molar-refractivity contribution is 5.79. The van der Waals surface area contributed by atoms with E-state index in [9.17, 15) is 22.8 Å². The summed E-state index contributed by atoms with van der Waals surface area (Å²) in [7, 11) is 0. The Kier molecular flexibility index (Phi) is 4.91. The molecule has 0 saturated carbocycles. The summed E-state index contributed by atoms with van der Waals surface area (Å²) in [5, 5.41) is 10.6. The molecule has 0 heterocycles. The number of carbonyl (C=O) groups excluding carboxylic acids is 1. The minimum absolute atomic E-state index is 0.109. The zero-order valence-electron chi connectivity index (χ0n) is 9.83. The van der Waals surface area contributed by atoms with Crippen molar-refractivity contribution in [2.75, 3.05) is 6.54 Å². The molecule has 1 rings (SSSR count).